The molecule has 0 bridgehead atoms. The minimum atomic E-state index is -0.815. The molecule has 0 aliphatic heterocycles. The lowest BCUT2D eigenvalue weighted by atomic mass is 9.87. The molecule has 4 heteroatoms. The Hall–Kier alpha value is -1.06. The number of carboxylic acid groups (broad SMARTS) is 1. The van der Waals surface area contributed by atoms with E-state index in [0.717, 1.165) is 25.7 Å². The first-order valence-electron chi connectivity index (χ1n) is 6.44. The fourth-order valence-corrected chi connectivity index (χ4v) is 2.11. The standard InChI is InChI=1S/C13H23NO3/c1-13(2,12(16)17)8-9-14-11(15)10-6-4-3-5-7-10/h10H,3-9H2,1-2H3,(H,14,15)(H,16,17). The third-order valence-electron chi connectivity index (χ3n) is 3.60. The summed E-state index contributed by atoms with van der Waals surface area (Å²) in [7, 11) is 0. The van der Waals surface area contributed by atoms with E-state index in [4.69, 9.17) is 5.11 Å². The number of aliphatic carboxylic acids is 1. The number of carbonyl (C=O) groups is 2. The maximum atomic E-state index is 11.8. The van der Waals surface area contributed by atoms with Crippen LogP contribution < -0.4 is 5.32 Å². The molecule has 1 aliphatic rings. The van der Waals surface area contributed by atoms with E-state index in [1.165, 1.54) is 6.42 Å². The largest absolute Gasteiger partial charge is 0.481 e. The quantitative estimate of drug-likeness (QED) is 0.775. The topological polar surface area (TPSA) is 66.4 Å². The number of rotatable bonds is 5. The number of hydrogen-bond acceptors (Lipinski definition) is 2. The van der Waals surface area contributed by atoms with Crippen molar-refractivity contribution in [3.8, 4) is 0 Å². The smallest absolute Gasteiger partial charge is 0.309 e. The van der Waals surface area contributed by atoms with Gasteiger partial charge in [0.15, 0.2) is 0 Å². The third kappa shape index (κ3) is 4.36. The van der Waals surface area contributed by atoms with Crippen LogP contribution in [0.15, 0.2) is 0 Å². The summed E-state index contributed by atoms with van der Waals surface area (Å²) in [5.74, 6) is -0.563. The Morgan fingerprint density at radius 1 is 1.24 bits per heavy atom. The van der Waals surface area contributed by atoms with Crippen LogP contribution in [0.1, 0.15) is 52.4 Å². The molecule has 1 aliphatic carbocycles. The van der Waals surface area contributed by atoms with E-state index < -0.39 is 11.4 Å². The summed E-state index contributed by atoms with van der Waals surface area (Å²) >= 11 is 0. The SMILES string of the molecule is CC(C)(CCNC(=O)C1CCCCC1)C(=O)O. The fourth-order valence-electron chi connectivity index (χ4n) is 2.11. The van der Waals surface area contributed by atoms with Crippen LogP contribution in [0.4, 0.5) is 0 Å². The van der Waals surface area contributed by atoms with Gasteiger partial charge in [0.05, 0.1) is 5.41 Å². The maximum absolute atomic E-state index is 11.8. The van der Waals surface area contributed by atoms with Gasteiger partial charge in [-0.1, -0.05) is 19.3 Å². The monoisotopic (exact) mass is 241 g/mol. The average Bonchev–Trinajstić information content (AvgIpc) is 2.29. The van der Waals surface area contributed by atoms with Gasteiger partial charge >= 0.3 is 5.97 Å². The summed E-state index contributed by atoms with van der Waals surface area (Å²) in [6.07, 6.45) is 5.94. The number of carbonyl (C=O) groups excluding carboxylic acids is 1. The van der Waals surface area contributed by atoms with Crippen LogP contribution in [-0.2, 0) is 9.59 Å². The van der Waals surface area contributed by atoms with Gasteiger partial charge in [-0.05, 0) is 33.1 Å². The van der Waals surface area contributed by atoms with E-state index in [1.807, 2.05) is 0 Å². The number of nitrogens with one attached hydrogen (secondary N) is 1. The van der Waals surface area contributed by atoms with Crippen molar-refractivity contribution in [3.63, 3.8) is 0 Å². The van der Waals surface area contributed by atoms with Gasteiger partial charge in [-0.3, -0.25) is 9.59 Å². The molecule has 98 valence electrons. The molecule has 0 aromatic rings. The van der Waals surface area contributed by atoms with Crippen molar-refractivity contribution in [2.75, 3.05) is 6.54 Å². The Balaban J connectivity index is 2.26. The van der Waals surface area contributed by atoms with Crippen molar-refractivity contribution < 1.29 is 14.7 Å². The molecule has 0 unspecified atom stereocenters. The molecule has 1 rings (SSSR count). The maximum Gasteiger partial charge on any atom is 0.309 e. The number of hydrogen-bond donors (Lipinski definition) is 2. The van der Waals surface area contributed by atoms with E-state index in [-0.39, 0.29) is 11.8 Å². The third-order valence-corrected chi connectivity index (χ3v) is 3.60. The fraction of sp³-hybridized carbons (Fsp3) is 0.846. The second kappa shape index (κ2) is 6.03. The van der Waals surface area contributed by atoms with Gasteiger partial charge in [-0.25, -0.2) is 0 Å². The van der Waals surface area contributed by atoms with Gasteiger partial charge in [-0.2, -0.15) is 0 Å². The number of carboxylic acids is 1. The molecule has 0 aromatic heterocycles. The first kappa shape index (κ1) is 14.0. The molecule has 0 aromatic carbocycles. The van der Waals surface area contributed by atoms with Crippen molar-refractivity contribution in [2.24, 2.45) is 11.3 Å². The minimum absolute atomic E-state index is 0.103. The molecule has 0 atom stereocenters. The van der Waals surface area contributed by atoms with Crippen molar-refractivity contribution in [2.45, 2.75) is 52.4 Å². The first-order chi connectivity index (χ1) is 7.93. The average molecular weight is 241 g/mol. The lowest BCUT2D eigenvalue weighted by molar-refractivity contribution is -0.147. The molecule has 1 amide bonds. The van der Waals surface area contributed by atoms with Gasteiger partial charge in [0.1, 0.15) is 0 Å². The summed E-state index contributed by atoms with van der Waals surface area (Å²) in [5, 5.41) is 11.8. The van der Waals surface area contributed by atoms with E-state index in [0.29, 0.717) is 13.0 Å². The van der Waals surface area contributed by atoms with Crippen LogP contribution >= 0.6 is 0 Å². The summed E-state index contributed by atoms with van der Waals surface area (Å²) in [5.41, 5.74) is -0.764. The lowest BCUT2D eigenvalue weighted by Crippen LogP contribution is -2.35. The second-order valence-electron chi connectivity index (χ2n) is 5.56. The molecule has 0 saturated heterocycles. The molecule has 17 heavy (non-hydrogen) atoms. The lowest BCUT2D eigenvalue weighted by Gasteiger charge is -2.23. The van der Waals surface area contributed by atoms with Crippen molar-refractivity contribution in [1.82, 2.24) is 5.32 Å². The molecule has 0 heterocycles. The van der Waals surface area contributed by atoms with E-state index >= 15 is 0 Å². The van der Waals surface area contributed by atoms with E-state index in [1.54, 1.807) is 13.8 Å². The van der Waals surface area contributed by atoms with Gasteiger partial charge in [0, 0.05) is 12.5 Å². The zero-order chi connectivity index (χ0) is 12.9. The summed E-state index contributed by atoms with van der Waals surface area (Å²) in [6.45, 7) is 3.82. The summed E-state index contributed by atoms with van der Waals surface area (Å²) < 4.78 is 0. The highest BCUT2D eigenvalue weighted by atomic mass is 16.4. The van der Waals surface area contributed by atoms with Gasteiger partial charge in [0.2, 0.25) is 5.91 Å². The Morgan fingerprint density at radius 2 is 1.82 bits per heavy atom. The first-order valence-corrected chi connectivity index (χ1v) is 6.44. The molecule has 4 nitrogen and oxygen atoms in total. The second-order valence-corrected chi connectivity index (χ2v) is 5.56. The molecule has 0 radical (unpaired) electrons. The highest BCUT2D eigenvalue weighted by Gasteiger charge is 2.27. The highest BCUT2D eigenvalue weighted by molar-refractivity contribution is 5.79. The van der Waals surface area contributed by atoms with Crippen molar-refractivity contribution in [3.05, 3.63) is 0 Å². The zero-order valence-corrected chi connectivity index (χ0v) is 10.8. The Bertz CT molecular complexity index is 280. The van der Waals surface area contributed by atoms with Gasteiger partial charge in [0.25, 0.3) is 0 Å². The van der Waals surface area contributed by atoms with E-state index in [9.17, 15) is 9.59 Å². The molecule has 0 spiro atoms. The van der Waals surface area contributed by atoms with Gasteiger partial charge in [-0.15, -0.1) is 0 Å². The molecule has 2 N–H and O–H groups in total. The Kier molecular flexibility index (Phi) is 4.97. The van der Waals surface area contributed by atoms with Crippen molar-refractivity contribution in [1.29, 1.82) is 0 Å². The molecule has 1 saturated carbocycles. The van der Waals surface area contributed by atoms with Gasteiger partial charge < -0.3 is 10.4 Å². The molecular formula is C13H23NO3. The Labute approximate surface area is 103 Å². The van der Waals surface area contributed by atoms with Crippen LogP contribution in [0.25, 0.3) is 0 Å². The Morgan fingerprint density at radius 3 is 2.35 bits per heavy atom. The summed E-state index contributed by atoms with van der Waals surface area (Å²) in [6, 6.07) is 0. The summed E-state index contributed by atoms with van der Waals surface area (Å²) in [4.78, 5) is 22.7. The van der Waals surface area contributed by atoms with Crippen LogP contribution in [0, 0.1) is 11.3 Å². The minimum Gasteiger partial charge on any atom is -0.481 e. The normalized spacial score (nSPS) is 17.8. The predicted molar refractivity (Wildman–Crippen MR) is 65.6 cm³/mol. The van der Waals surface area contributed by atoms with E-state index in [2.05, 4.69) is 5.32 Å². The zero-order valence-electron chi connectivity index (χ0n) is 10.8. The van der Waals surface area contributed by atoms with Crippen molar-refractivity contribution >= 4 is 11.9 Å². The van der Waals surface area contributed by atoms with Crippen LogP contribution in [0.2, 0.25) is 0 Å². The van der Waals surface area contributed by atoms with Crippen LogP contribution in [-0.4, -0.2) is 23.5 Å². The predicted octanol–water partition coefficient (Wildman–Crippen LogP) is 2.18. The highest BCUT2D eigenvalue weighted by Crippen LogP contribution is 2.24. The van der Waals surface area contributed by atoms with Crippen LogP contribution in [0.5, 0.6) is 0 Å². The number of amides is 1. The molecular weight excluding hydrogens is 218 g/mol. The molecule has 1 fully saturated rings. The van der Waals surface area contributed by atoms with Crippen LogP contribution in [0.3, 0.4) is 0 Å².